The van der Waals surface area contributed by atoms with Crippen LogP contribution in [0.4, 0.5) is 5.82 Å². The zero-order chi connectivity index (χ0) is 13.0. The Labute approximate surface area is 109 Å². The highest BCUT2D eigenvalue weighted by atomic mass is 15.3. The Kier molecular flexibility index (Phi) is 4.49. The summed E-state index contributed by atoms with van der Waals surface area (Å²) in [6.07, 6.45) is 1.28. The van der Waals surface area contributed by atoms with Crippen LogP contribution in [0.15, 0.2) is 12.1 Å². The molecule has 1 aromatic rings. The van der Waals surface area contributed by atoms with Crippen molar-refractivity contribution >= 4 is 5.82 Å². The summed E-state index contributed by atoms with van der Waals surface area (Å²) in [6, 6.07) is 4.09. The Bertz CT molecular complexity index is 364. The van der Waals surface area contributed by atoms with E-state index in [4.69, 9.17) is 0 Å². The molecule has 1 unspecified atom stereocenters. The largest absolute Gasteiger partial charge is 0.358 e. The van der Waals surface area contributed by atoms with Crippen molar-refractivity contribution in [1.82, 2.24) is 20.4 Å². The van der Waals surface area contributed by atoms with Crippen molar-refractivity contribution < 1.29 is 0 Å². The lowest BCUT2D eigenvalue weighted by Crippen LogP contribution is -2.28. The van der Waals surface area contributed by atoms with Crippen molar-refractivity contribution in [2.45, 2.75) is 13.0 Å². The minimum atomic E-state index is 0.749. The average Bonchev–Trinajstić information content (AvgIpc) is 2.76. The van der Waals surface area contributed by atoms with Crippen LogP contribution >= 0.6 is 0 Å². The topological polar surface area (TPSA) is 44.3 Å². The standard InChI is InChI=1S/C13H23N5/c1-14-8-12-4-5-13(16-15-12)18(3)10-11-6-7-17(2)9-11/h4-5,11,14H,6-10H2,1-3H3. The molecule has 1 N–H and O–H groups in total. The van der Waals surface area contributed by atoms with Crippen LogP contribution in [-0.4, -0.2) is 55.9 Å². The summed E-state index contributed by atoms with van der Waals surface area (Å²) in [5, 5.41) is 11.6. The van der Waals surface area contributed by atoms with E-state index < -0.39 is 0 Å². The highest BCUT2D eigenvalue weighted by Gasteiger charge is 2.21. The molecule has 1 fully saturated rings. The summed E-state index contributed by atoms with van der Waals surface area (Å²) in [6.45, 7) is 4.23. The van der Waals surface area contributed by atoms with Crippen molar-refractivity contribution in [2.75, 3.05) is 45.7 Å². The van der Waals surface area contributed by atoms with Gasteiger partial charge in [0.1, 0.15) is 0 Å². The van der Waals surface area contributed by atoms with Crippen LogP contribution in [0, 0.1) is 5.92 Å². The summed E-state index contributed by atoms with van der Waals surface area (Å²) in [7, 11) is 6.20. The van der Waals surface area contributed by atoms with Gasteiger partial charge in [-0.2, -0.15) is 5.10 Å². The molecule has 2 heterocycles. The molecule has 1 aliphatic rings. The van der Waals surface area contributed by atoms with Crippen LogP contribution < -0.4 is 10.2 Å². The first-order valence-corrected chi connectivity index (χ1v) is 6.56. The minimum Gasteiger partial charge on any atom is -0.358 e. The zero-order valence-corrected chi connectivity index (χ0v) is 11.6. The summed E-state index contributed by atoms with van der Waals surface area (Å²) in [5.74, 6) is 1.71. The predicted octanol–water partition coefficient (Wildman–Crippen LogP) is 0.584. The second-order valence-corrected chi connectivity index (χ2v) is 5.21. The van der Waals surface area contributed by atoms with E-state index in [1.807, 2.05) is 13.1 Å². The summed E-state index contributed by atoms with van der Waals surface area (Å²) >= 11 is 0. The molecule has 0 bridgehead atoms. The van der Waals surface area contributed by atoms with E-state index >= 15 is 0 Å². The van der Waals surface area contributed by atoms with Gasteiger partial charge in [-0.25, -0.2) is 0 Å². The number of rotatable bonds is 5. The van der Waals surface area contributed by atoms with Crippen LogP contribution in [0.25, 0.3) is 0 Å². The molecule has 100 valence electrons. The van der Waals surface area contributed by atoms with E-state index in [9.17, 15) is 0 Å². The van der Waals surface area contributed by atoms with Gasteiger partial charge in [-0.3, -0.25) is 0 Å². The minimum absolute atomic E-state index is 0.749. The van der Waals surface area contributed by atoms with Gasteiger partial charge in [0, 0.05) is 26.7 Å². The number of likely N-dealkylation sites (tertiary alicyclic amines) is 1. The molecule has 0 aliphatic carbocycles. The molecule has 1 aliphatic heterocycles. The highest BCUT2D eigenvalue weighted by molar-refractivity contribution is 5.36. The van der Waals surface area contributed by atoms with Gasteiger partial charge in [0.15, 0.2) is 5.82 Å². The second-order valence-electron chi connectivity index (χ2n) is 5.21. The molecule has 1 saturated heterocycles. The second kappa shape index (κ2) is 6.11. The molecule has 0 aromatic carbocycles. The van der Waals surface area contributed by atoms with Crippen molar-refractivity contribution in [3.63, 3.8) is 0 Å². The van der Waals surface area contributed by atoms with E-state index in [0.29, 0.717) is 0 Å². The first-order valence-electron chi connectivity index (χ1n) is 6.56. The first kappa shape index (κ1) is 13.2. The number of hydrogen-bond donors (Lipinski definition) is 1. The molecule has 0 saturated carbocycles. The van der Waals surface area contributed by atoms with Gasteiger partial charge < -0.3 is 15.1 Å². The maximum absolute atomic E-state index is 4.28. The summed E-state index contributed by atoms with van der Waals surface area (Å²) in [4.78, 5) is 4.60. The Morgan fingerprint density at radius 1 is 1.44 bits per heavy atom. The quantitative estimate of drug-likeness (QED) is 0.827. The molecule has 5 nitrogen and oxygen atoms in total. The fourth-order valence-corrected chi connectivity index (χ4v) is 2.49. The van der Waals surface area contributed by atoms with Gasteiger partial charge >= 0.3 is 0 Å². The van der Waals surface area contributed by atoms with Gasteiger partial charge in [-0.15, -0.1) is 5.10 Å². The molecule has 5 heteroatoms. The number of nitrogens with zero attached hydrogens (tertiary/aromatic N) is 4. The molecular weight excluding hydrogens is 226 g/mol. The van der Waals surface area contributed by atoms with Crippen LogP contribution in [-0.2, 0) is 6.54 Å². The van der Waals surface area contributed by atoms with Crippen molar-refractivity contribution in [3.05, 3.63) is 17.8 Å². The van der Waals surface area contributed by atoms with Crippen LogP contribution in [0.3, 0.4) is 0 Å². The van der Waals surface area contributed by atoms with E-state index in [1.54, 1.807) is 0 Å². The van der Waals surface area contributed by atoms with Gasteiger partial charge in [-0.1, -0.05) is 0 Å². The summed E-state index contributed by atoms with van der Waals surface area (Å²) in [5.41, 5.74) is 0.982. The normalized spacial score (nSPS) is 20.3. The third-order valence-corrected chi connectivity index (χ3v) is 3.48. The first-order chi connectivity index (χ1) is 8.69. The Balaban J connectivity index is 1.90. The molecule has 1 aromatic heterocycles. The summed E-state index contributed by atoms with van der Waals surface area (Å²) < 4.78 is 0. The third kappa shape index (κ3) is 3.40. The van der Waals surface area contributed by atoms with Gasteiger partial charge in [0.05, 0.1) is 5.69 Å². The number of anilines is 1. The smallest absolute Gasteiger partial charge is 0.150 e. The molecule has 0 radical (unpaired) electrons. The molecule has 0 spiro atoms. The molecular formula is C13H23N5. The van der Waals surface area contributed by atoms with E-state index in [-0.39, 0.29) is 0 Å². The molecule has 2 rings (SSSR count). The van der Waals surface area contributed by atoms with Gasteiger partial charge in [0.25, 0.3) is 0 Å². The van der Waals surface area contributed by atoms with E-state index in [0.717, 1.165) is 30.5 Å². The molecule has 0 amide bonds. The van der Waals surface area contributed by atoms with Gasteiger partial charge in [0.2, 0.25) is 0 Å². The lowest BCUT2D eigenvalue weighted by molar-refractivity contribution is 0.395. The fraction of sp³-hybridized carbons (Fsp3) is 0.692. The fourth-order valence-electron chi connectivity index (χ4n) is 2.49. The van der Waals surface area contributed by atoms with Gasteiger partial charge in [-0.05, 0) is 45.1 Å². The lowest BCUT2D eigenvalue weighted by Gasteiger charge is -2.21. The highest BCUT2D eigenvalue weighted by Crippen LogP contribution is 2.17. The van der Waals surface area contributed by atoms with Crippen LogP contribution in [0.1, 0.15) is 12.1 Å². The Hall–Kier alpha value is -1.20. The number of nitrogens with one attached hydrogen (secondary N) is 1. The Morgan fingerprint density at radius 3 is 2.83 bits per heavy atom. The van der Waals surface area contributed by atoms with Crippen molar-refractivity contribution in [1.29, 1.82) is 0 Å². The van der Waals surface area contributed by atoms with E-state index in [1.165, 1.54) is 19.5 Å². The van der Waals surface area contributed by atoms with Crippen LogP contribution in [0.5, 0.6) is 0 Å². The van der Waals surface area contributed by atoms with E-state index in [2.05, 4.69) is 45.5 Å². The number of hydrogen-bond acceptors (Lipinski definition) is 5. The van der Waals surface area contributed by atoms with Crippen molar-refractivity contribution in [2.24, 2.45) is 5.92 Å². The van der Waals surface area contributed by atoms with Crippen molar-refractivity contribution in [3.8, 4) is 0 Å². The third-order valence-electron chi connectivity index (χ3n) is 3.48. The molecule has 18 heavy (non-hydrogen) atoms. The number of aromatic nitrogens is 2. The lowest BCUT2D eigenvalue weighted by atomic mass is 10.1. The molecule has 1 atom stereocenters. The predicted molar refractivity (Wildman–Crippen MR) is 73.7 cm³/mol. The Morgan fingerprint density at radius 2 is 2.28 bits per heavy atom. The maximum atomic E-state index is 4.28. The average molecular weight is 249 g/mol. The monoisotopic (exact) mass is 249 g/mol. The maximum Gasteiger partial charge on any atom is 0.150 e. The SMILES string of the molecule is CNCc1ccc(N(C)CC2CCN(C)C2)nn1. The van der Waals surface area contributed by atoms with Crippen LogP contribution in [0.2, 0.25) is 0 Å². The zero-order valence-electron chi connectivity index (χ0n) is 11.6.